The second-order valence-electron chi connectivity index (χ2n) is 5.07. The average molecular weight is 291 g/mol. The lowest BCUT2D eigenvalue weighted by Gasteiger charge is -2.13. The van der Waals surface area contributed by atoms with Gasteiger partial charge in [0.2, 0.25) is 0 Å². The first-order chi connectivity index (χ1) is 10.8. The van der Waals surface area contributed by atoms with Crippen molar-refractivity contribution in [2.24, 2.45) is 0 Å². The highest BCUT2D eigenvalue weighted by Crippen LogP contribution is 2.24. The first-order valence-electron chi connectivity index (χ1n) is 7.28. The highest BCUT2D eigenvalue weighted by molar-refractivity contribution is 5.73. The molecule has 1 aliphatic rings. The van der Waals surface area contributed by atoms with E-state index in [0.29, 0.717) is 5.75 Å². The normalized spacial score (nSPS) is 17.1. The number of hydrogen-bond acceptors (Lipinski definition) is 2. The summed E-state index contributed by atoms with van der Waals surface area (Å²) < 4.78 is 5.33. The first kappa shape index (κ1) is 14.1. The van der Waals surface area contributed by atoms with Gasteiger partial charge < -0.3 is 4.74 Å². The maximum atomic E-state index is 12.2. The highest BCUT2D eigenvalue weighted by atomic mass is 16.6. The van der Waals surface area contributed by atoms with E-state index in [1.165, 1.54) is 10.5 Å². The number of para-hydroxylation sites is 1. The molecule has 0 spiro atoms. The van der Waals surface area contributed by atoms with Crippen LogP contribution in [0.2, 0.25) is 0 Å². The molecule has 0 radical (unpaired) electrons. The molecule has 3 nitrogen and oxygen atoms in total. The van der Waals surface area contributed by atoms with Crippen LogP contribution in [0.5, 0.6) is 5.75 Å². The van der Waals surface area contributed by atoms with E-state index < -0.39 is 6.09 Å². The van der Waals surface area contributed by atoms with Gasteiger partial charge in [0.25, 0.3) is 0 Å². The van der Waals surface area contributed by atoms with Crippen molar-refractivity contribution < 1.29 is 9.53 Å². The SMILES string of the molecule is O=C(Oc1ccccc1)N1C=CCC(c2ccccc2)C=C1. The van der Waals surface area contributed by atoms with Crippen LogP contribution >= 0.6 is 0 Å². The predicted octanol–water partition coefficient (Wildman–Crippen LogP) is 4.70. The third kappa shape index (κ3) is 3.44. The Hall–Kier alpha value is -2.81. The van der Waals surface area contributed by atoms with E-state index in [1.807, 2.05) is 48.6 Å². The van der Waals surface area contributed by atoms with Gasteiger partial charge in [-0.2, -0.15) is 0 Å². The number of nitrogens with zero attached hydrogens (tertiary/aromatic N) is 1. The van der Waals surface area contributed by atoms with Gasteiger partial charge in [-0.05, 0) is 24.1 Å². The van der Waals surface area contributed by atoms with Crippen LogP contribution in [0.4, 0.5) is 4.79 Å². The zero-order chi connectivity index (χ0) is 15.2. The summed E-state index contributed by atoms with van der Waals surface area (Å²) in [5.41, 5.74) is 1.24. The zero-order valence-corrected chi connectivity index (χ0v) is 12.1. The van der Waals surface area contributed by atoms with Crippen molar-refractivity contribution in [3.05, 3.63) is 90.8 Å². The number of amides is 1. The molecule has 1 aliphatic heterocycles. The number of carbonyl (C=O) groups excluding carboxylic acids is 1. The molecule has 1 unspecified atom stereocenters. The van der Waals surface area contributed by atoms with E-state index in [-0.39, 0.29) is 5.92 Å². The highest BCUT2D eigenvalue weighted by Gasteiger charge is 2.15. The number of ether oxygens (including phenoxy) is 1. The van der Waals surface area contributed by atoms with Crippen molar-refractivity contribution in [3.8, 4) is 5.75 Å². The molecule has 110 valence electrons. The fourth-order valence-electron chi connectivity index (χ4n) is 2.36. The molecule has 2 aromatic carbocycles. The van der Waals surface area contributed by atoms with Gasteiger partial charge in [-0.3, -0.25) is 4.90 Å². The molecule has 0 N–H and O–H groups in total. The van der Waals surface area contributed by atoms with E-state index >= 15 is 0 Å². The molecule has 0 saturated heterocycles. The number of carbonyl (C=O) groups is 1. The molecule has 3 heteroatoms. The monoisotopic (exact) mass is 291 g/mol. The van der Waals surface area contributed by atoms with Crippen LogP contribution in [0, 0.1) is 0 Å². The Morgan fingerprint density at radius 2 is 1.64 bits per heavy atom. The topological polar surface area (TPSA) is 29.5 Å². The van der Waals surface area contributed by atoms with Gasteiger partial charge in [0, 0.05) is 18.3 Å². The summed E-state index contributed by atoms with van der Waals surface area (Å²) in [7, 11) is 0. The molecule has 0 bridgehead atoms. The Morgan fingerprint density at radius 3 is 2.36 bits per heavy atom. The molecule has 0 saturated carbocycles. The molecule has 3 rings (SSSR count). The molecule has 0 aromatic heterocycles. The Balaban J connectivity index is 1.70. The Labute approximate surface area is 130 Å². The second kappa shape index (κ2) is 6.76. The molecule has 22 heavy (non-hydrogen) atoms. The van der Waals surface area contributed by atoms with Crippen LogP contribution in [0.15, 0.2) is 85.2 Å². The van der Waals surface area contributed by atoms with Crippen molar-refractivity contribution in [1.29, 1.82) is 0 Å². The Kier molecular flexibility index (Phi) is 4.35. The van der Waals surface area contributed by atoms with Crippen LogP contribution in [0.3, 0.4) is 0 Å². The number of hydrogen-bond donors (Lipinski definition) is 0. The maximum Gasteiger partial charge on any atom is 0.423 e. The van der Waals surface area contributed by atoms with Gasteiger partial charge in [-0.15, -0.1) is 0 Å². The number of rotatable bonds is 2. The van der Waals surface area contributed by atoms with E-state index in [2.05, 4.69) is 12.1 Å². The van der Waals surface area contributed by atoms with E-state index in [4.69, 9.17) is 4.74 Å². The minimum Gasteiger partial charge on any atom is -0.410 e. The van der Waals surface area contributed by atoms with Gasteiger partial charge in [-0.1, -0.05) is 60.7 Å². The van der Waals surface area contributed by atoms with Crippen molar-refractivity contribution in [2.75, 3.05) is 0 Å². The smallest absolute Gasteiger partial charge is 0.410 e. The van der Waals surface area contributed by atoms with Crippen molar-refractivity contribution >= 4 is 6.09 Å². The summed E-state index contributed by atoms with van der Waals surface area (Å²) in [5, 5.41) is 0. The summed E-state index contributed by atoms with van der Waals surface area (Å²) in [5.74, 6) is 0.810. The maximum absolute atomic E-state index is 12.2. The quantitative estimate of drug-likeness (QED) is 0.802. The van der Waals surface area contributed by atoms with Crippen molar-refractivity contribution in [1.82, 2.24) is 4.90 Å². The van der Waals surface area contributed by atoms with Crippen LogP contribution in [-0.4, -0.2) is 11.0 Å². The summed E-state index contributed by atoms with van der Waals surface area (Å²) in [6.07, 6.45) is 7.99. The fourth-order valence-corrected chi connectivity index (χ4v) is 2.36. The molecule has 0 aliphatic carbocycles. The van der Waals surface area contributed by atoms with Crippen LogP contribution in [-0.2, 0) is 0 Å². The summed E-state index contributed by atoms with van der Waals surface area (Å²) in [6, 6.07) is 19.3. The molecule has 1 heterocycles. The molecule has 1 amide bonds. The summed E-state index contributed by atoms with van der Waals surface area (Å²) >= 11 is 0. The summed E-state index contributed by atoms with van der Waals surface area (Å²) in [6.45, 7) is 0. The minimum absolute atomic E-state index is 0.270. The fraction of sp³-hybridized carbons (Fsp3) is 0.105. The minimum atomic E-state index is -0.410. The third-order valence-corrected chi connectivity index (χ3v) is 3.52. The average Bonchev–Trinajstić information content (AvgIpc) is 2.83. The van der Waals surface area contributed by atoms with Crippen LogP contribution in [0.25, 0.3) is 0 Å². The lowest BCUT2D eigenvalue weighted by Crippen LogP contribution is -2.23. The van der Waals surface area contributed by atoms with Crippen LogP contribution < -0.4 is 4.74 Å². The predicted molar refractivity (Wildman–Crippen MR) is 86.4 cm³/mol. The van der Waals surface area contributed by atoms with E-state index in [0.717, 1.165) is 6.42 Å². The third-order valence-electron chi connectivity index (χ3n) is 3.52. The number of allylic oxidation sites excluding steroid dienone is 2. The second-order valence-corrected chi connectivity index (χ2v) is 5.07. The molecule has 1 atom stereocenters. The first-order valence-corrected chi connectivity index (χ1v) is 7.28. The number of benzene rings is 2. The van der Waals surface area contributed by atoms with Gasteiger partial charge in [0.15, 0.2) is 0 Å². The molecular formula is C19H17NO2. The van der Waals surface area contributed by atoms with Crippen molar-refractivity contribution in [2.45, 2.75) is 12.3 Å². The van der Waals surface area contributed by atoms with Crippen molar-refractivity contribution in [3.63, 3.8) is 0 Å². The van der Waals surface area contributed by atoms with E-state index in [9.17, 15) is 4.79 Å². The van der Waals surface area contributed by atoms with Gasteiger partial charge in [-0.25, -0.2) is 4.79 Å². The largest absolute Gasteiger partial charge is 0.423 e. The Bertz CT molecular complexity index is 677. The zero-order valence-electron chi connectivity index (χ0n) is 12.1. The molecule has 0 fully saturated rings. The van der Waals surface area contributed by atoms with Crippen LogP contribution in [0.1, 0.15) is 17.9 Å². The van der Waals surface area contributed by atoms with Gasteiger partial charge >= 0.3 is 6.09 Å². The van der Waals surface area contributed by atoms with Gasteiger partial charge in [0.05, 0.1) is 0 Å². The van der Waals surface area contributed by atoms with Gasteiger partial charge in [0.1, 0.15) is 5.75 Å². The standard InChI is InChI=1S/C19H17NO2/c21-19(22-18-11-5-2-6-12-18)20-14-7-10-17(13-15-20)16-8-3-1-4-9-16/h1-9,11-15,17H,10H2. The Morgan fingerprint density at radius 1 is 0.955 bits per heavy atom. The molecule has 2 aromatic rings. The molecular weight excluding hydrogens is 274 g/mol. The van der Waals surface area contributed by atoms with E-state index in [1.54, 1.807) is 24.5 Å². The lowest BCUT2D eigenvalue weighted by molar-refractivity contribution is 0.182. The lowest BCUT2D eigenvalue weighted by atomic mass is 9.96. The summed E-state index contributed by atoms with van der Waals surface area (Å²) in [4.78, 5) is 13.6.